The van der Waals surface area contributed by atoms with E-state index in [1.807, 2.05) is 13.8 Å². The van der Waals surface area contributed by atoms with E-state index in [0.717, 1.165) is 5.82 Å². The zero-order valence-corrected chi connectivity index (χ0v) is 10.6. The van der Waals surface area contributed by atoms with Crippen molar-refractivity contribution in [3.8, 4) is 5.69 Å². The first-order chi connectivity index (χ1) is 9.04. The molecule has 1 aromatic heterocycles. The van der Waals surface area contributed by atoms with E-state index in [1.54, 1.807) is 29.1 Å². The standard InChI is InChI=1S/C13H13N3O3/c1-9(2)13-14-5-6-15(13)11-4-3-10(8-17)7-12(11)16(18)19/h3-9H,1-2H3. The lowest BCUT2D eigenvalue weighted by Crippen LogP contribution is -2.05. The Bertz CT molecular complexity index is 632. The van der Waals surface area contributed by atoms with Gasteiger partial charge in [-0.1, -0.05) is 13.8 Å². The topological polar surface area (TPSA) is 78.0 Å². The van der Waals surface area contributed by atoms with E-state index in [1.165, 1.54) is 6.07 Å². The van der Waals surface area contributed by atoms with Crippen LogP contribution in [0.15, 0.2) is 30.6 Å². The second kappa shape index (κ2) is 5.01. The highest BCUT2D eigenvalue weighted by Crippen LogP contribution is 2.26. The van der Waals surface area contributed by atoms with Crippen molar-refractivity contribution in [1.82, 2.24) is 9.55 Å². The molecule has 0 amide bonds. The Kier molecular flexibility index (Phi) is 3.41. The first-order valence-electron chi connectivity index (χ1n) is 5.82. The van der Waals surface area contributed by atoms with Gasteiger partial charge < -0.3 is 0 Å². The summed E-state index contributed by atoms with van der Waals surface area (Å²) in [6, 6.07) is 4.39. The lowest BCUT2D eigenvalue weighted by molar-refractivity contribution is -0.384. The third-order valence-corrected chi connectivity index (χ3v) is 2.78. The fraction of sp³-hybridized carbons (Fsp3) is 0.231. The maximum atomic E-state index is 11.1. The van der Waals surface area contributed by atoms with Gasteiger partial charge in [0.2, 0.25) is 0 Å². The van der Waals surface area contributed by atoms with Crippen molar-refractivity contribution < 1.29 is 9.72 Å². The quantitative estimate of drug-likeness (QED) is 0.480. The SMILES string of the molecule is CC(C)c1nccn1-c1ccc(C=O)cc1[N+](=O)[O-]. The summed E-state index contributed by atoms with van der Waals surface area (Å²) < 4.78 is 1.68. The summed E-state index contributed by atoms with van der Waals surface area (Å²) in [7, 11) is 0. The maximum Gasteiger partial charge on any atom is 0.293 e. The minimum absolute atomic E-state index is 0.107. The zero-order chi connectivity index (χ0) is 14.0. The molecule has 2 aromatic rings. The van der Waals surface area contributed by atoms with Crippen LogP contribution in [0.1, 0.15) is 35.9 Å². The highest BCUT2D eigenvalue weighted by Gasteiger charge is 2.19. The number of aromatic nitrogens is 2. The smallest absolute Gasteiger partial charge is 0.293 e. The van der Waals surface area contributed by atoms with Gasteiger partial charge in [-0.15, -0.1) is 0 Å². The predicted molar refractivity (Wildman–Crippen MR) is 69.7 cm³/mol. The summed E-state index contributed by atoms with van der Waals surface area (Å²) in [5.74, 6) is 0.877. The molecule has 6 nitrogen and oxygen atoms in total. The number of carbonyl (C=O) groups excluding carboxylic acids is 1. The lowest BCUT2D eigenvalue weighted by atomic mass is 10.1. The Morgan fingerprint density at radius 2 is 2.16 bits per heavy atom. The summed E-state index contributed by atoms with van der Waals surface area (Å²) >= 11 is 0. The van der Waals surface area contributed by atoms with E-state index in [4.69, 9.17) is 0 Å². The molecule has 19 heavy (non-hydrogen) atoms. The van der Waals surface area contributed by atoms with Gasteiger partial charge in [-0.3, -0.25) is 19.5 Å². The van der Waals surface area contributed by atoms with Crippen molar-refractivity contribution >= 4 is 12.0 Å². The van der Waals surface area contributed by atoms with Crippen molar-refractivity contribution in [2.45, 2.75) is 19.8 Å². The molecule has 0 spiro atoms. The van der Waals surface area contributed by atoms with Crippen LogP contribution in [0.4, 0.5) is 5.69 Å². The number of hydrogen-bond acceptors (Lipinski definition) is 4. The molecule has 0 saturated heterocycles. The third-order valence-electron chi connectivity index (χ3n) is 2.78. The molecule has 0 fully saturated rings. The molecule has 0 aliphatic carbocycles. The van der Waals surface area contributed by atoms with Crippen LogP contribution < -0.4 is 0 Å². The molecule has 6 heteroatoms. The van der Waals surface area contributed by atoms with Gasteiger partial charge in [0, 0.05) is 29.9 Å². The number of imidazole rings is 1. The van der Waals surface area contributed by atoms with E-state index >= 15 is 0 Å². The molecule has 0 unspecified atom stereocenters. The van der Waals surface area contributed by atoms with E-state index in [2.05, 4.69) is 4.98 Å². The van der Waals surface area contributed by atoms with E-state index in [-0.39, 0.29) is 17.2 Å². The average Bonchev–Trinajstić information content (AvgIpc) is 2.87. The Hall–Kier alpha value is -2.50. The zero-order valence-electron chi connectivity index (χ0n) is 10.6. The predicted octanol–water partition coefficient (Wildman–Crippen LogP) is 2.72. The lowest BCUT2D eigenvalue weighted by Gasteiger charge is -2.10. The fourth-order valence-electron chi connectivity index (χ4n) is 1.91. The van der Waals surface area contributed by atoms with Crippen LogP contribution in [0, 0.1) is 10.1 Å². The van der Waals surface area contributed by atoms with Crippen molar-refractivity contribution in [1.29, 1.82) is 0 Å². The van der Waals surface area contributed by atoms with Crippen LogP contribution >= 0.6 is 0 Å². The molecule has 0 atom stereocenters. The number of carbonyl (C=O) groups is 1. The normalized spacial score (nSPS) is 10.7. The number of hydrogen-bond donors (Lipinski definition) is 0. The summed E-state index contributed by atoms with van der Waals surface area (Å²) in [5.41, 5.74) is 0.586. The third kappa shape index (κ3) is 2.37. The van der Waals surface area contributed by atoms with Crippen LogP contribution in [0.5, 0.6) is 0 Å². The van der Waals surface area contributed by atoms with Crippen LogP contribution in [0.25, 0.3) is 5.69 Å². The molecule has 0 saturated carbocycles. The van der Waals surface area contributed by atoms with Gasteiger partial charge in [0.05, 0.1) is 4.92 Å². The van der Waals surface area contributed by atoms with Crippen LogP contribution in [-0.4, -0.2) is 20.8 Å². The minimum Gasteiger partial charge on any atom is -0.298 e. The van der Waals surface area contributed by atoms with Gasteiger partial charge in [-0.25, -0.2) is 4.98 Å². The van der Waals surface area contributed by atoms with E-state index in [9.17, 15) is 14.9 Å². The van der Waals surface area contributed by atoms with E-state index < -0.39 is 4.92 Å². The largest absolute Gasteiger partial charge is 0.298 e. The molecule has 0 N–H and O–H groups in total. The molecule has 1 aromatic carbocycles. The molecule has 98 valence electrons. The molecule has 1 heterocycles. The highest BCUT2D eigenvalue weighted by atomic mass is 16.6. The Balaban J connectivity index is 2.64. The first kappa shape index (κ1) is 12.9. The first-order valence-corrected chi connectivity index (χ1v) is 5.82. The molecule has 0 radical (unpaired) electrons. The van der Waals surface area contributed by atoms with Crippen LogP contribution in [0.3, 0.4) is 0 Å². The van der Waals surface area contributed by atoms with E-state index in [0.29, 0.717) is 12.0 Å². The second-order valence-corrected chi connectivity index (χ2v) is 4.43. The number of nitro groups is 1. The van der Waals surface area contributed by atoms with Gasteiger partial charge in [0.15, 0.2) is 0 Å². The van der Waals surface area contributed by atoms with Crippen molar-refractivity contribution in [3.05, 3.63) is 52.1 Å². The number of benzene rings is 1. The number of rotatable bonds is 4. The fourth-order valence-corrected chi connectivity index (χ4v) is 1.91. The van der Waals surface area contributed by atoms with Crippen LogP contribution in [0.2, 0.25) is 0 Å². The van der Waals surface area contributed by atoms with Crippen molar-refractivity contribution in [3.63, 3.8) is 0 Å². The summed E-state index contributed by atoms with van der Waals surface area (Å²) in [6.45, 7) is 3.93. The summed E-state index contributed by atoms with van der Waals surface area (Å²) in [5, 5.41) is 11.1. The molecule has 0 aliphatic heterocycles. The number of aldehydes is 1. The van der Waals surface area contributed by atoms with Gasteiger partial charge in [-0.2, -0.15) is 0 Å². The summed E-state index contributed by atoms with van der Waals surface area (Å²) in [4.78, 5) is 25.5. The number of nitro benzene ring substituents is 1. The molecule has 0 bridgehead atoms. The highest BCUT2D eigenvalue weighted by molar-refractivity contribution is 5.77. The Labute approximate surface area is 109 Å². The number of nitrogens with zero attached hydrogens (tertiary/aromatic N) is 3. The minimum atomic E-state index is -0.494. The molecular weight excluding hydrogens is 246 g/mol. The van der Waals surface area contributed by atoms with Crippen molar-refractivity contribution in [2.24, 2.45) is 0 Å². The van der Waals surface area contributed by atoms with Gasteiger partial charge in [0.1, 0.15) is 17.8 Å². The van der Waals surface area contributed by atoms with Gasteiger partial charge in [-0.05, 0) is 12.1 Å². The van der Waals surface area contributed by atoms with Crippen LogP contribution in [-0.2, 0) is 0 Å². The molecular formula is C13H13N3O3. The monoisotopic (exact) mass is 259 g/mol. The second-order valence-electron chi connectivity index (χ2n) is 4.43. The molecule has 2 rings (SSSR count). The summed E-state index contributed by atoms with van der Waals surface area (Å²) in [6.07, 6.45) is 3.87. The van der Waals surface area contributed by atoms with Gasteiger partial charge >= 0.3 is 0 Å². The molecule has 0 aliphatic rings. The maximum absolute atomic E-state index is 11.1. The van der Waals surface area contributed by atoms with Crippen molar-refractivity contribution in [2.75, 3.05) is 0 Å². The van der Waals surface area contributed by atoms with Gasteiger partial charge in [0.25, 0.3) is 5.69 Å². The Morgan fingerprint density at radius 3 is 2.74 bits per heavy atom. The average molecular weight is 259 g/mol. The Morgan fingerprint density at radius 1 is 1.42 bits per heavy atom.